The van der Waals surface area contributed by atoms with Crippen LogP contribution in [0.15, 0.2) is 46.2 Å². The SMILES string of the molecule is COc1cc(/C(N)=N/O)ccc1OCc1ccc(Br)cn1. The third-order valence-corrected chi connectivity index (χ3v) is 3.20. The van der Waals surface area contributed by atoms with Crippen molar-refractivity contribution in [2.75, 3.05) is 7.11 Å². The molecular weight excluding hydrogens is 338 g/mol. The number of hydrogen-bond acceptors (Lipinski definition) is 5. The average Bonchev–Trinajstić information content (AvgIpc) is 2.53. The van der Waals surface area contributed by atoms with E-state index >= 15 is 0 Å². The molecule has 21 heavy (non-hydrogen) atoms. The molecule has 0 aliphatic rings. The Hall–Kier alpha value is -2.28. The van der Waals surface area contributed by atoms with Gasteiger partial charge in [-0.3, -0.25) is 4.98 Å². The second kappa shape index (κ2) is 6.94. The molecule has 0 fully saturated rings. The molecule has 0 aliphatic carbocycles. The first kappa shape index (κ1) is 15.1. The van der Waals surface area contributed by atoms with Gasteiger partial charge in [0.2, 0.25) is 0 Å². The number of aromatic nitrogens is 1. The highest BCUT2D eigenvalue weighted by molar-refractivity contribution is 9.10. The second-order valence-electron chi connectivity index (χ2n) is 4.11. The van der Waals surface area contributed by atoms with E-state index in [2.05, 4.69) is 26.1 Å². The zero-order valence-electron chi connectivity index (χ0n) is 11.3. The number of benzene rings is 1. The van der Waals surface area contributed by atoms with Crippen molar-refractivity contribution in [3.05, 3.63) is 52.3 Å². The molecule has 1 aromatic carbocycles. The number of oxime groups is 1. The van der Waals surface area contributed by atoms with Crippen molar-refractivity contribution in [2.45, 2.75) is 6.61 Å². The molecule has 6 nitrogen and oxygen atoms in total. The van der Waals surface area contributed by atoms with Gasteiger partial charge in [0.1, 0.15) is 6.61 Å². The molecule has 0 saturated carbocycles. The molecule has 0 spiro atoms. The van der Waals surface area contributed by atoms with Crippen LogP contribution in [0.25, 0.3) is 0 Å². The molecular formula is C14H14BrN3O3. The van der Waals surface area contributed by atoms with Gasteiger partial charge in [0.05, 0.1) is 12.8 Å². The van der Waals surface area contributed by atoms with Gasteiger partial charge in [-0.05, 0) is 46.3 Å². The van der Waals surface area contributed by atoms with Gasteiger partial charge < -0.3 is 20.4 Å². The Labute approximate surface area is 130 Å². The number of nitrogens with zero attached hydrogens (tertiary/aromatic N) is 2. The molecule has 0 saturated heterocycles. The lowest BCUT2D eigenvalue weighted by Gasteiger charge is -2.11. The van der Waals surface area contributed by atoms with Crippen LogP contribution in [0.1, 0.15) is 11.3 Å². The van der Waals surface area contributed by atoms with Crippen LogP contribution in [-0.2, 0) is 6.61 Å². The zero-order valence-corrected chi connectivity index (χ0v) is 12.9. The van der Waals surface area contributed by atoms with Crippen molar-refractivity contribution in [3.63, 3.8) is 0 Å². The molecule has 110 valence electrons. The predicted molar refractivity (Wildman–Crippen MR) is 81.8 cm³/mol. The van der Waals surface area contributed by atoms with Crippen LogP contribution >= 0.6 is 15.9 Å². The van der Waals surface area contributed by atoms with Gasteiger partial charge in [-0.1, -0.05) is 5.16 Å². The number of pyridine rings is 1. The molecule has 7 heteroatoms. The van der Waals surface area contributed by atoms with E-state index in [4.69, 9.17) is 20.4 Å². The van der Waals surface area contributed by atoms with E-state index in [1.54, 1.807) is 24.4 Å². The van der Waals surface area contributed by atoms with Crippen LogP contribution in [0, 0.1) is 0 Å². The Morgan fingerprint density at radius 1 is 1.33 bits per heavy atom. The summed E-state index contributed by atoms with van der Waals surface area (Å²) in [6, 6.07) is 8.78. The lowest BCUT2D eigenvalue weighted by atomic mass is 10.2. The molecule has 2 rings (SSSR count). The van der Waals surface area contributed by atoms with Gasteiger partial charge in [0, 0.05) is 16.2 Å². The topological polar surface area (TPSA) is 90.0 Å². The number of amidine groups is 1. The molecule has 0 aliphatic heterocycles. The first-order valence-electron chi connectivity index (χ1n) is 6.03. The third-order valence-electron chi connectivity index (χ3n) is 2.73. The summed E-state index contributed by atoms with van der Waals surface area (Å²) in [5, 5.41) is 11.6. The van der Waals surface area contributed by atoms with Crippen molar-refractivity contribution in [1.29, 1.82) is 0 Å². The van der Waals surface area contributed by atoms with Gasteiger partial charge in [0.25, 0.3) is 0 Å². The number of methoxy groups -OCH3 is 1. The van der Waals surface area contributed by atoms with Gasteiger partial charge in [-0.2, -0.15) is 0 Å². The van der Waals surface area contributed by atoms with Gasteiger partial charge >= 0.3 is 0 Å². The molecule has 0 atom stereocenters. The monoisotopic (exact) mass is 351 g/mol. The van der Waals surface area contributed by atoms with Gasteiger partial charge in [-0.15, -0.1) is 0 Å². The van der Waals surface area contributed by atoms with E-state index in [0.717, 1.165) is 10.2 Å². The summed E-state index contributed by atoms with van der Waals surface area (Å²) in [4.78, 5) is 4.22. The van der Waals surface area contributed by atoms with Crippen molar-refractivity contribution in [1.82, 2.24) is 4.98 Å². The lowest BCUT2D eigenvalue weighted by molar-refractivity contribution is 0.280. The summed E-state index contributed by atoms with van der Waals surface area (Å²) in [5.41, 5.74) is 6.87. The average molecular weight is 352 g/mol. The first-order chi connectivity index (χ1) is 10.1. The molecule has 1 heterocycles. The minimum absolute atomic E-state index is 0.00873. The Morgan fingerprint density at radius 2 is 2.14 bits per heavy atom. The van der Waals surface area contributed by atoms with Crippen LogP contribution in [0.3, 0.4) is 0 Å². The first-order valence-corrected chi connectivity index (χ1v) is 6.82. The number of hydrogen-bond donors (Lipinski definition) is 2. The van der Waals surface area contributed by atoms with Crippen molar-refractivity contribution < 1.29 is 14.7 Å². The van der Waals surface area contributed by atoms with Crippen LogP contribution in [-0.4, -0.2) is 23.1 Å². The van der Waals surface area contributed by atoms with E-state index in [0.29, 0.717) is 23.7 Å². The maximum atomic E-state index is 8.67. The molecule has 0 amide bonds. The maximum absolute atomic E-state index is 8.67. The number of ether oxygens (including phenoxy) is 2. The Morgan fingerprint density at radius 3 is 2.76 bits per heavy atom. The van der Waals surface area contributed by atoms with E-state index < -0.39 is 0 Å². The van der Waals surface area contributed by atoms with E-state index in [9.17, 15) is 0 Å². The minimum Gasteiger partial charge on any atom is -0.493 e. The Balaban J connectivity index is 2.14. The van der Waals surface area contributed by atoms with Crippen molar-refractivity contribution >= 4 is 21.8 Å². The number of nitrogens with two attached hydrogens (primary N) is 1. The summed E-state index contributed by atoms with van der Waals surface area (Å²) in [6.07, 6.45) is 1.71. The highest BCUT2D eigenvalue weighted by Crippen LogP contribution is 2.28. The smallest absolute Gasteiger partial charge is 0.170 e. The molecule has 0 unspecified atom stereocenters. The van der Waals surface area contributed by atoms with Gasteiger partial charge in [-0.25, -0.2) is 0 Å². The third kappa shape index (κ3) is 3.85. The van der Waals surface area contributed by atoms with Crippen molar-refractivity contribution in [2.24, 2.45) is 10.9 Å². The Bertz CT molecular complexity index is 644. The summed E-state index contributed by atoms with van der Waals surface area (Å²) < 4.78 is 11.8. The molecule has 2 aromatic rings. The highest BCUT2D eigenvalue weighted by atomic mass is 79.9. The molecule has 0 radical (unpaired) electrons. The summed E-state index contributed by atoms with van der Waals surface area (Å²) in [7, 11) is 1.52. The Kier molecular flexibility index (Phi) is 4.99. The van der Waals surface area contributed by atoms with Crippen molar-refractivity contribution in [3.8, 4) is 11.5 Å². The van der Waals surface area contributed by atoms with Crippen LogP contribution < -0.4 is 15.2 Å². The highest BCUT2D eigenvalue weighted by Gasteiger charge is 2.09. The lowest BCUT2D eigenvalue weighted by Crippen LogP contribution is -2.13. The number of halogens is 1. The molecule has 3 N–H and O–H groups in total. The fourth-order valence-electron chi connectivity index (χ4n) is 1.65. The van der Waals surface area contributed by atoms with Crippen LogP contribution in [0.5, 0.6) is 11.5 Å². The fourth-order valence-corrected chi connectivity index (χ4v) is 1.88. The standard InChI is InChI=1S/C14H14BrN3O3/c1-20-13-6-9(14(16)18-19)2-5-12(13)21-8-11-4-3-10(15)7-17-11/h2-7,19H,8H2,1H3,(H2,16,18). The van der Waals surface area contributed by atoms with E-state index in [-0.39, 0.29) is 5.84 Å². The minimum atomic E-state index is 0.00873. The predicted octanol–water partition coefficient (Wildman–Crippen LogP) is 2.53. The second-order valence-corrected chi connectivity index (χ2v) is 5.02. The number of rotatable bonds is 5. The zero-order chi connectivity index (χ0) is 15.2. The van der Waals surface area contributed by atoms with Crippen LogP contribution in [0.2, 0.25) is 0 Å². The molecule has 1 aromatic heterocycles. The normalized spacial score (nSPS) is 11.2. The quantitative estimate of drug-likeness (QED) is 0.374. The van der Waals surface area contributed by atoms with E-state index in [1.165, 1.54) is 7.11 Å². The van der Waals surface area contributed by atoms with Gasteiger partial charge in [0.15, 0.2) is 17.3 Å². The van der Waals surface area contributed by atoms with Crippen LogP contribution in [0.4, 0.5) is 0 Å². The maximum Gasteiger partial charge on any atom is 0.170 e. The fraction of sp³-hybridized carbons (Fsp3) is 0.143. The summed E-state index contributed by atoms with van der Waals surface area (Å²) in [5.74, 6) is 1.06. The summed E-state index contributed by atoms with van der Waals surface area (Å²) in [6.45, 7) is 0.312. The van der Waals surface area contributed by atoms with E-state index in [1.807, 2.05) is 12.1 Å². The largest absolute Gasteiger partial charge is 0.493 e. The summed E-state index contributed by atoms with van der Waals surface area (Å²) >= 11 is 3.33. The molecule has 0 bridgehead atoms.